The summed E-state index contributed by atoms with van der Waals surface area (Å²) in [7, 11) is 0. The molecular formula is C13H20ClNO. The molecule has 1 aromatic carbocycles. The van der Waals surface area contributed by atoms with E-state index in [2.05, 4.69) is 24.4 Å². The number of hydrogen-bond donors (Lipinski definition) is 1. The van der Waals surface area contributed by atoms with Gasteiger partial charge in [-0.1, -0.05) is 30.3 Å². The molecule has 0 aliphatic rings. The van der Waals surface area contributed by atoms with Gasteiger partial charge >= 0.3 is 0 Å². The van der Waals surface area contributed by atoms with Gasteiger partial charge in [0.25, 0.3) is 0 Å². The van der Waals surface area contributed by atoms with Crippen molar-refractivity contribution in [1.29, 1.82) is 0 Å². The minimum absolute atomic E-state index is 0.0334. The summed E-state index contributed by atoms with van der Waals surface area (Å²) in [4.78, 5) is 0. The molecule has 0 saturated heterocycles. The van der Waals surface area contributed by atoms with Crippen LogP contribution < -0.4 is 5.32 Å². The lowest BCUT2D eigenvalue weighted by Crippen LogP contribution is -2.28. The van der Waals surface area contributed by atoms with E-state index in [1.54, 1.807) is 0 Å². The third-order valence-electron chi connectivity index (χ3n) is 2.45. The fourth-order valence-corrected chi connectivity index (χ4v) is 1.65. The molecule has 0 fully saturated rings. The van der Waals surface area contributed by atoms with Gasteiger partial charge in [-0.15, -0.1) is 11.6 Å². The Bertz CT molecular complexity index is 279. The molecule has 0 saturated carbocycles. The highest BCUT2D eigenvalue weighted by molar-refractivity contribution is 6.20. The van der Waals surface area contributed by atoms with Gasteiger partial charge in [0.15, 0.2) is 0 Å². The van der Waals surface area contributed by atoms with Crippen LogP contribution in [0.1, 0.15) is 25.5 Å². The molecule has 0 amide bonds. The van der Waals surface area contributed by atoms with Gasteiger partial charge in [0.2, 0.25) is 0 Å². The molecule has 0 spiro atoms. The Hall–Kier alpha value is -0.570. The molecule has 1 N–H and O–H groups in total. The van der Waals surface area contributed by atoms with Crippen LogP contribution in [0.5, 0.6) is 0 Å². The molecular weight excluding hydrogens is 222 g/mol. The van der Waals surface area contributed by atoms with Gasteiger partial charge < -0.3 is 10.1 Å². The Balaban J connectivity index is 2.27. The standard InChI is InChI=1S/C13H20ClNO/c1-3-16-10-13(14)9-15-11(2)12-7-5-4-6-8-12/h4-8,11,13,15H,3,9-10H2,1-2H3. The highest BCUT2D eigenvalue weighted by Crippen LogP contribution is 2.11. The van der Waals surface area contributed by atoms with Gasteiger partial charge in [-0.2, -0.15) is 0 Å². The molecule has 0 radical (unpaired) electrons. The van der Waals surface area contributed by atoms with E-state index >= 15 is 0 Å². The number of rotatable bonds is 7. The lowest BCUT2D eigenvalue weighted by atomic mass is 10.1. The second-order valence-electron chi connectivity index (χ2n) is 3.80. The van der Waals surface area contributed by atoms with E-state index in [-0.39, 0.29) is 5.38 Å². The summed E-state index contributed by atoms with van der Waals surface area (Å²) in [5.74, 6) is 0. The number of hydrogen-bond acceptors (Lipinski definition) is 2. The average Bonchev–Trinajstić information content (AvgIpc) is 2.34. The summed E-state index contributed by atoms with van der Waals surface area (Å²) in [6, 6.07) is 10.7. The lowest BCUT2D eigenvalue weighted by Gasteiger charge is -2.16. The van der Waals surface area contributed by atoms with E-state index < -0.39 is 0 Å². The second kappa shape index (κ2) is 7.66. The van der Waals surface area contributed by atoms with Crippen LogP contribution in [0.2, 0.25) is 0 Å². The van der Waals surface area contributed by atoms with Crippen LogP contribution in [-0.4, -0.2) is 25.1 Å². The molecule has 2 nitrogen and oxygen atoms in total. The zero-order valence-electron chi connectivity index (χ0n) is 9.95. The molecule has 0 heterocycles. The van der Waals surface area contributed by atoms with Crippen molar-refractivity contribution in [3.05, 3.63) is 35.9 Å². The van der Waals surface area contributed by atoms with Crippen molar-refractivity contribution >= 4 is 11.6 Å². The minimum Gasteiger partial charge on any atom is -0.380 e. The molecule has 2 unspecified atom stereocenters. The highest BCUT2D eigenvalue weighted by atomic mass is 35.5. The number of halogens is 1. The monoisotopic (exact) mass is 241 g/mol. The van der Waals surface area contributed by atoms with Crippen LogP contribution in [-0.2, 0) is 4.74 Å². The maximum Gasteiger partial charge on any atom is 0.0694 e. The Morgan fingerprint density at radius 2 is 2.00 bits per heavy atom. The predicted molar refractivity (Wildman–Crippen MR) is 69.0 cm³/mol. The zero-order valence-corrected chi connectivity index (χ0v) is 10.7. The van der Waals surface area contributed by atoms with Gasteiger partial charge in [-0.25, -0.2) is 0 Å². The highest BCUT2D eigenvalue weighted by Gasteiger charge is 2.08. The van der Waals surface area contributed by atoms with Crippen molar-refractivity contribution in [2.24, 2.45) is 0 Å². The van der Waals surface area contributed by atoms with Crippen LogP contribution in [0.15, 0.2) is 30.3 Å². The first-order chi connectivity index (χ1) is 7.74. The Kier molecular flexibility index (Phi) is 6.46. The molecule has 2 atom stereocenters. The Labute approximate surface area is 103 Å². The van der Waals surface area contributed by atoms with E-state index in [0.717, 1.165) is 13.2 Å². The average molecular weight is 242 g/mol. The second-order valence-corrected chi connectivity index (χ2v) is 4.41. The Morgan fingerprint density at radius 3 is 2.62 bits per heavy atom. The normalized spacial score (nSPS) is 14.7. The first-order valence-electron chi connectivity index (χ1n) is 5.74. The number of ether oxygens (including phenoxy) is 1. The largest absolute Gasteiger partial charge is 0.380 e. The molecule has 0 aliphatic heterocycles. The summed E-state index contributed by atoms with van der Waals surface area (Å²) in [5.41, 5.74) is 1.28. The summed E-state index contributed by atoms with van der Waals surface area (Å²) in [6.07, 6.45) is 0. The third kappa shape index (κ3) is 4.97. The first-order valence-corrected chi connectivity index (χ1v) is 6.17. The van der Waals surface area contributed by atoms with Crippen molar-refractivity contribution in [2.45, 2.75) is 25.3 Å². The third-order valence-corrected chi connectivity index (χ3v) is 2.73. The van der Waals surface area contributed by atoms with Gasteiger partial charge in [-0.3, -0.25) is 0 Å². The SMILES string of the molecule is CCOCC(Cl)CNC(C)c1ccccc1. The van der Waals surface area contributed by atoms with Gasteiger partial charge in [0.1, 0.15) is 0 Å². The van der Waals surface area contributed by atoms with Crippen molar-refractivity contribution in [3.8, 4) is 0 Å². The van der Waals surface area contributed by atoms with Crippen molar-refractivity contribution < 1.29 is 4.74 Å². The Morgan fingerprint density at radius 1 is 1.31 bits per heavy atom. The van der Waals surface area contributed by atoms with Crippen LogP contribution in [0.4, 0.5) is 0 Å². The van der Waals surface area contributed by atoms with Crippen molar-refractivity contribution in [1.82, 2.24) is 5.32 Å². The quantitative estimate of drug-likeness (QED) is 0.741. The summed E-state index contributed by atoms with van der Waals surface area (Å²) >= 11 is 6.10. The maximum atomic E-state index is 6.10. The van der Waals surface area contributed by atoms with E-state index in [9.17, 15) is 0 Å². The molecule has 0 bridgehead atoms. The fraction of sp³-hybridized carbons (Fsp3) is 0.538. The van der Waals surface area contributed by atoms with E-state index in [0.29, 0.717) is 12.6 Å². The van der Waals surface area contributed by atoms with Crippen LogP contribution in [0, 0.1) is 0 Å². The fourth-order valence-electron chi connectivity index (χ4n) is 1.47. The van der Waals surface area contributed by atoms with Crippen LogP contribution in [0.3, 0.4) is 0 Å². The van der Waals surface area contributed by atoms with E-state index in [1.807, 2.05) is 25.1 Å². The zero-order chi connectivity index (χ0) is 11.8. The number of nitrogens with one attached hydrogen (secondary N) is 1. The molecule has 3 heteroatoms. The number of alkyl halides is 1. The topological polar surface area (TPSA) is 21.3 Å². The van der Waals surface area contributed by atoms with Gasteiger partial charge in [0.05, 0.1) is 12.0 Å². The van der Waals surface area contributed by atoms with Gasteiger partial charge in [-0.05, 0) is 19.4 Å². The molecule has 1 aromatic rings. The predicted octanol–water partition coefficient (Wildman–Crippen LogP) is 2.98. The minimum atomic E-state index is 0.0334. The lowest BCUT2D eigenvalue weighted by molar-refractivity contribution is 0.146. The number of benzene rings is 1. The molecule has 1 rings (SSSR count). The van der Waals surface area contributed by atoms with E-state index in [4.69, 9.17) is 16.3 Å². The smallest absolute Gasteiger partial charge is 0.0694 e. The van der Waals surface area contributed by atoms with Crippen LogP contribution in [0.25, 0.3) is 0 Å². The maximum absolute atomic E-state index is 6.10. The first kappa shape index (κ1) is 13.5. The summed E-state index contributed by atoms with van der Waals surface area (Å²) < 4.78 is 5.26. The molecule has 0 aliphatic carbocycles. The van der Waals surface area contributed by atoms with Crippen molar-refractivity contribution in [3.63, 3.8) is 0 Å². The van der Waals surface area contributed by atoms with Crippen molar-refractivity contribution in [2.75, 3.05) is 19.8 Å². The van der Waals surface area contributed by atoms with E-state index in [1.165, 1.54) is 5.56 Å². The van der Waals surface area contributed by atoms with Gasteiger partial charge in [0, 0.05) is 19.2 Å². The summed E-state index contributed by atoms with van der Waals surface area (Å²) in [6.45, 7) is 6.20. The molecule has 16 heavy (non-hydrogen) atoms. The summed E-state index contributed by atoms with van der Waals surface area (Å²) in [5, 5.41) is 3.43. The molecule has 0 aromatic heterocycles. The van der Waals surface area contributed by atoms with Crippen LogP contribution >= 0.6 is 11.6 Å². The molecule has 90 valence electrons.